The number of anilines is 1. The third kappa shape index (κ3) is 3.17. The second-order valence-electron chi connectivity index (χ2n) is 4.76. The van der Waals surface area contributed by atoms with E-state index in [1.165, 1.54) is 6.07 Å². The predicted molar refractivity (Wildman–Crippen MR) is 80.2 cm³/mol. The van der Waals surface area contributed by atoms with Gasteiger partial charge in [0.1, 0.15) is 5.82 Å². The van der Waals surface area contributed by atoms with Crippen LogP contribution in [0.4, 0.5) is 10.1 Å². The zero-order valence-corrected chi connectivity index (χ0v) is 12.1. The molecule has 4 heteroatoms. The van der Waals surface area contributed by atoms with Gasteiger partial charge in [0.2, 0.25) is 0 Å². The number of ketones is 1. The molecule has 0 heterocycles. The minimum absolute atomic E-state index is 0.00325. The quantitative estimate of drug-likeness (QED) is 0.795. The molecule has 0 fully saturated rings. The molecular weight excluding hydrogens is 277 g/mol. The Hall–Kier alpha value is -1.87. The summed E-state index contributed by atoms with van der Waals surface area (Å²) in [5, 5.41) is 0.0392. The molecule has 0 aliphatic heterocycles. The second-order valence-corrected chi connectivity index (χ2v) is 5.16. The van der Waals surface area contributed by atoms with E-state index in [0.29, 0.717) is 11.1 Å². The second kappa shape index (κ2) is 6.06. The maximum Gasteiger partial charge on any atom is 0.167 e. The van der Waals surface area contributed by atoms with Gasteiger partial charge in [-0.05, 0) is 23.8 Å². The molecule has 0 aromatic heterocycles. The zero-order valence-electron chi connectivity index (χ0n) is 11.4. The highest BCUT2D eigenvalue weighted by Gasteiger charge is 2.13. The molecule has 0 spiro atoms. The van der Waals surface area contributed by atoms with Crippen LogP contribution in [0.3, 0.4) is 0 Å². The van der Waals surface area contributed by atoms with Crippen molar-refractivity contribution in [2.75, 3.05) is 19.0 Å². The van der Waals surface area contributed by atoms with Crippen molar-refractivity contribution in [3.63, 3.8) is 0 Å². The van der Waals surface area contributed by atoms with Gasteiger partial charge >= 0.3 is 0 Å². The van der Waals surface area contributed by atoms with E-state index in [1.54, 1.807) is 24.3 Å². The van der Waals surface area contributed by atoms with E-state index in [2.05, 4.69) is 0 Å². The molecule has 0 atom stereocenters. The number of hydrogen-bond donors (Lipinski definition) is 0. The highest BCUT2D eigenvalue weighted by atomic mass is 35.5. The van der Waals surface area contributed by atoms with Crippen molar-refractivity contribution < 1.29 is 9.18 Å². The minimum atomic E-state index is -0.522. The Bertz CT molecular complexity index is 640. The number of carbonyl (C=O) groups excluding carboxylic acids is 1. The molecule has 2 rings (SSSR count). The molecule has 2 nitrogen and oxygen atoms in total. The SMILES string of the molecule is CN(C)c1cccc(C(=O)Cc2cccc(Cl)c2F)c1. The lowest BCUT2D eigenvalue weighted by Crippen LogP contribution is -2.11. The highest BCUT2D eigenvalue weighted by molar-refractivity contribution is 6.30. The smallest absolute Gasteiger partial charge is 0.167 e. The van der Waals surface area contributed by atoms with E-state index >= 15 is 0 Å². The first-order valence-electron chi connectivity index (χ1n) is 6.22. The van der Waals surface area contributed by atoms with Crippen molar-refractivity contribution in [1.29, 1.82) is 0 Å². The lowest BCUT2D eigenvalue weighted by Gasteiger charge is -2.13. The van der Waals surface area contributed by atoms with Crippen LogP contribution in [0.5, 0.6) is 0 Å². The largest absolute Gasteiger partial charge is 0.378 e. The molecule has 0 saturated carbocycles. The Morgan fingerprint density at radius 2 is 1.90 bits per heavy atom. The van der Waals surface area contributed by atoms with Crippen LogP contribution in [0, 0.1) is 5.82 Å². The molecule has 20 heavy (non-hydrogen) atoms. The molecule has 0 aliphatic carbocycles. The summed E-state index contributed by atoms with van der Waals surface area (Å²) in [6.45, 7) is 0. The summed E-state index contributed by atoms with van der Waals surface area (Å²) < 4.78 is 13.8. The number of hydrogen-bond acceptors (Lipinski definition) is 2. The van der Waals surface area contributed by atoms with Crippen molar-refractivity contribution in [3.8, 4) is 0 Å². The summed E-state index contributed by atoms with van der Waals surface area (Å²) in [5.41, 5.74) is 1.82. The van der Waals surface area contributed by atoms with Crippen LogP contribution in [-0.2, 0) is 6.42 Å². The normalized spacial score (nSPS) is 10.4. The number of rotatable bonds is 4. The van der Waals surface area contributed by atoms with Crippen LogP contribution in [-0.4, -0.2) is 19.9 Å². The molecule has 0 bridgehead atoms. The number of Topliss-reactive ketones (excluding diaryl/α,β-unsaturated/α-hetero) is 1. The molecule has 0 N–H and O–H groups in total. The van der Waals surface area contributed by atoms with Crippen LogP contribution in [0.2, 0.25) is 5.02 Å². The van der Waals surface area contributed by atoms with Gasteiger partial charge in [-0.1, -0.05) is 35.9 Å². The van der Waals surface area contributed by atoms with Crippen molar-refractivity contribution in [1.82, 2.24) is 0 Å². The fourth-order valence-corrected chi connectivity index (χ4v) is 2.11. The molecule has 2 aromatic rings. The Balaban J connectivity index is 2.24. The lowest BCUT2D eigenvalue weighted by atomic mass is 10.0. The van der Waals surface area contributed by atoms with Gasteiger partial charge in [-0.2, -0.15) is 0 Å². The average molecular weight is 292 g/mol. The van der Waals surface area contributed by atoms with Gasteiger partial charge in [-0.3, -0.25) is 4.79 Å². The minimum Gasteiger partial charge on any atom is -0.378 e. The van der Waals surface area contributed by atoms with Gasteiger partial charge in [-0.25, -0.2) is 4.39 Å². The molecular formula is C16H15ClFNO. The van der Waals surface area contributed by atoms with Gasteiger partial charge < -0.3 is 4.90 Å². The Kier molecular flexibility index (Phi) is 4.40. The van der Waals surface area contributed by atoms with Crippen LogP contribution < -0.4 is 4.90 Å². The summed E-state index contributed by atoms with van der Waals surface area (Å²) in [6.07, 6.45) is 0.00325. The summed E-state index contributed by atoms with van der Waals surface area (Å²) in [5.74, 6) is -0.652. The van der Waals surface area contributed by atoms with Crippen molar-refractivity contribution >= 4 is 23.1 Å². The van der Waals surface area contributed by atoms with Crippen LogP contribution >= 0.6 is 11.6 Å². The third-order valence-corrected chi connectivity index (χ3v) is 3.36. The first-order valence-corrected chi connectivity index (χ1v) is 6.60. The average Bonchev–Trinajstić information content (AvgIpc) is 2.44. The van der Waals surface area contributed by atoms with Crippen LogP contribution in [0.25, 0.3) is 0 Å². The Labute approximate surface area is 122 Å². The van der Waals surface area contributed by atoms with E-state index < -0.39 is 5.82 Å². The molecule has 0 unspecified atom stereocenters. The molecule has 2 aromatic carbocycles. The van der Waals surface area contributed by atoms with Crippen LogP contribution in [0.1, 0.15) is 15.9 Å². The molecule has 0 saturated heterocycles. The Morgan fingerprint density at radius 3 is 2.60 bits per heavy atom. The third-order valence-electron chi connectivity index (χ3n) is 3.07. The first kappa shape index (κ1) is 14.5. The van der Waals surface area contributed by atoms with E-state index in [4.69, 9.17) is 11.6 Å². The monoisotopic (exact) mass is 291 g/mol. The van der Waals surface area contributed by atoms with Gasteiger partial charge in [0.15, 0.2) is 5.78 Å². The topological polar surface area (TPSA) is 20.3 Å². The summed E-state index contributed by atoms with van der Waals surface area (Å²) in [7, 11) is 3.81. The van der Waals surface area contributed by atoms with Crippen molar-refractivity contribution in [3.05, 3.63) is 64.4 Å². The number of nitrogens with zero attached hydrogens (tertiary/aromatic N) is 1. The maximum absolute atomic E-state index is 13.8. The van der Waals surface area contributed by atoms with Crippen LogP contribution in [0.15, 0.2) is 42.5 Å². The zero-order chi connectivity index (χ0) is 14.7. The molecule has 0 aliphatic rings. The molecule has 0 radical (unpaired) electrons. The van der Waals surface area contributed by atoms with Gasteiger partial charge in [-0.15, -0.1) is 0 Å². The fourth-order valence-electron chi connectivity index (χ4n) is 1.92. The summed E-state index contributed by atoms with van der Waals surface area (Å²) >= 11 is 5.72. The summed E-state index contributed by atoms with van der Waals surface area (Å²) in [6, 6.07) is 12.0. The van der Waals surface area contributed by atoms with Crippen molar-refractivity contribution in [2.24, 2.45) is 0 Å². The van der Waals surface area contributed by atoms with Crippen molar-refractivity contribution in [2.45, 2.75) is 6.42 Å². The molecule has 0 amide bonds. The number of benzene rings is 2. The highest BCUT2D eigenvalue weighted by Crippen LogP contribution is 2.20. The van der Waals surface area contributed by atoms with Gasteiger partial charge in [0, 0.05) is 31.8 Å². The van der Waals surface area contributed by atoms with Gasteiger partial charge in [0.05, 0.1) is 5.02 Å². The van der Waals surface area contributed by atoms with E-state index in [0.717, 1.165) is 5.69 Å². The van der Waals surface area contributed by atoms with Gasteiger partial charge in [0.25, 0.3) is 0 Å². The number of halogens is 2. The summed E-state index contributed by atoms with van der Waals surface area (Å²) in [4.78, 5) is 14.1. The first-order chi connectivity index (χ1) is 9.49. The maximum atomic E-state index is 13.8. The standard InChI is InChI=1S/C16H15ClFNO/c1-19(2)13-7-3-5-11(9-13)15(20)10-12-6-4-8-14(17)16(12)18/h3-9H,10H2,1-2H3. The van der Waals surface area contributed by atoms with E-state index in [-0.39, 0.29) is 17.2 Å². The lowest BCUT2D eigenvalue weighted by molar-refractivity contribution is 0.0992. The predicted octanol–water partition coefficient (Wildman–Crippen LogP) is 3.97. The Morgan fingerprint density at radius 1 is 1.20 bits per heavy atom. The fraction of sp³-hybridized carbons (Fsp3) is 0.188. The number of carbonyl (C=O) groups is 1. The van der Waals surface area contributed by atoms with E-state index in [9.17, 15) is 9.18 Å². The molecule has 104 valence electrons. The van der Waals surface area contributed by atoms with E-state index in [1.807, 2.05) is 31.1 Å².